The Hall–Kier alpha value is -3.37. The minimum absolute atomic E-state index is 0.103. The van der Waals surface area contributed by atoms with Gasteiger partial charge in [0.1, 0.15) is 12.9 Å². The van der Waals surface area contributed by atoms with E-state index in [-0.39, 0.29) is 28.9 Å². The van der Waals surface area contributed by atoms with E-state index in [0.717, 1.165) is 6.07 Å². The van der Waals surface area contributed by atoms with Gasteiger partial charge in [0, 0.05) is 12.3 Å². The molecule has 2 rings (SSSR count). The third-order valence-electron chi connectivity index (χ3n) is 2.90. The number of para-hydroxylation sites is 1. The molecule has 0 saturated heterocycles. The number of alkyl halides is 3. The topological polar surface area (TPSA) is 92.1 Å². The zero-order chi connectivity index (χ0) is 19.9. The lowest BCUT2D eigenvalue weighted by Crippen LogP contribution is -2.20. The van der Waals surface area contributed by atoms with Gasteiger partial charge in [0.15, 0.2) is 12.3 Å². The third kappa shape index (κ3) is 5.83. The number of hydrogen-bond acceptors (Lipinski definition) is 8. The first kappa shape index (κ1) is 19.9. The number of benzene rings is 1. The first-order chi connectivity index (χ1) is 12.8. The van der Waals surface area contributed by atoms with Crippen molar-refractivity contribution in [3.8, 4) is 17.6 Å². The Bertz CT molecular complexity index is 827. The van der Waals surface area contributed by atoms with Crippen LogP contribution >= 0.6 is 0 Å². The molecule has 1 heterocycles. The van der Waals surface area contributed by atoms with Gasteiger partial charge in [0.05, 0.1) is 12.7 Å². The van der Waals surface area contributed by atoms with Crippen molar-refractivity contribution in [1.29, 1.82) is 0 Å². The molecular formula is C16H14F3N3O5. The van der Waals surface area contributed by atoms with E-state index in [1.165, 1.54) is 32.5 Å². The molecule has 0 saturated carbocycles. The first-order valence-corrected chi connectivity index (χ1v) is 7.33. The van der Waals surface area contributed by atoms with Gasteiger partial charge in [0.2, 0.25) is 5.88 Å². The van der Waals surface area contributed by atoms with Crippen LogP contribution in [0.5, 0.6) is 17.6 Å². The van der Waals surface area contributed by atoms with E-state index >= 15 is 0 Å². The molecule has 0 aliphatic carbocycles. The Balaban J connectivity index is 2.28. The van der Waals surface area contributed by atoms with Crippen LogP contribution in [0.4, 0.5) is 13.2 Å². The highest BCUT2D eigenvalue weighted by Gasteiger charge is 2.28. The summed E-state index contributed by atoms with van der Waals surface area (Å²) < 4.78 is 51.4. The van der Waals surface area contributed by atoms with Crippen molar-refractivity contribution in [2.45, 2.75) is 6.18 Å². The Kier molecular flexibility index (Phi) is 6.52. The highest BCUT2D eigenvalue weighted by Crippen LogP contribution is 2.25. The maximum Gasteiger partial charge on any atom is 0.422 e. The van der Waals surface area contributed by atoms with Gasteiger partial charge in [0.25, 0.3) is 0 Å². The van der Waals surface area contributed by atoms with E-state index < -0.39 is 18.8 Å². The monoisotopic (exact) mass is 385 g/mol. The van der Waals surface area contributed by atoms with Crippen LogP contribution in [0.2, 0.25) is 0 Å². The highest BCUT2D eigenvalue weighted by atomic mass is 19.4. The average molecular weight is 385 g/mol. The smallest absolute Gasteiger partial charge is 0.422 e. The number of ether oxygens (including phenoxy) is 3. The second-order valence-electron chi connectivity index (χ2n) is 4.79. The number of hydrogen-bond donors (Lipinski definition) is 0. The molecule has 0 spiro atoms. The molecule has 0 aliphatic heterocycles. The normalized spacial score (nSPS) is 11.7. The summed E-state index contributed by atoms with van der Waals surface area (Å²) in [5, 5.41) is 3.61. The molecule has 0 amide bonds. The number of aromatic nitrogens is 2. The van der Waals surface area contributed by atoms with Gasteiger partial charge >= 0.3 is 18.2 Å². The molecule has 11 heteroatoms. The SMILES string of the molecule is CON=C(C(=O)OC)c1ccccc1Oc1nccc(OCC(F)(F)F)n1. The second kappa shape index (κ2) is 8.83. The van der Waals surface area contributed by atoms with Crippen LogP contribution in [0.15, 0.2) is 41.7 Å². The van der Waals surface area contributed by atoms with Crippen molar-refractivity contribution in [3.05, 3.63) is 42.1 Å². The standard InChI is InChI=1S/C16H14F3N3O5/c1-24-14(23)13(22-25-2)10-5-3-4-6-11(10)27-15-20-8-7-12(21-15)26-9-16(17,18)19/h3-8H,9H2,1-2H3. The molecule has 1 aromatic carbocycles. The van der Waals surface area contributed by atoms with Gasteiger partial charge in [-0.15, -0.1) is 0 Å². The molecule has 1 aromatic heterocycles. The summed E-state index contributed by atoms with van der Waals surface area (Å²) in [5.41, 5.74) is 0.0245. The van der Waals surface area contributed by atoms with E-state index in [1.807, 2.05) is 0 Å². The van der Waals surface area contributed by atoms with E-state index in [4.69, 9.17) is 4.74 Å². The summed E-state index contributed by atoms with van der Waals surface area (Å²) >= 11 is 0. The number of carbonyl (C=O) groups excluding carboxylic acids is 1. The predicted octanol–water partition coefficient (Wildman–Crippen LogP) is 2.73. The quantitative estimate of drug-likeness (QED) is 0.411. The van der Waals surface area contributed by atoms with Gasteiger partial charge in [-0.1, -0.05) is 17.3 Å². The molecule has 27 heavy (non-hydrogen) atoms. The minimum Gasteiger partial charge on any atom is -0.468 e. The number of carbonyl (C=O) groups is 1. The molecule has 0 N–H and O–H groups in total. The van der Waals surface area contributed by atoms with E-state index in [1.54, 1.807) is 12.1 Å². The maximum absolute atomic E-state index is 12.2. The Labute approximate surface area is 151 Å². The second-order valence-corrected chi connectivity index (χ2v) is 4.79. The van der Waals surface area contributed by atoms with Crippen molar-refractivity contribution in [1.82, 2.24) is 9.97 Å². The summed E-state index contributed by atoms with van der Waals surface area (Å²) in [7, 11) is 2.42. The zero-order valence-corrected chi connectivity index (χ0v) is 14.2. The molecule has 0 radical (unpaired) electrons. The highest BCUT2D eigenvalue weighted by molar-refractivity contribution is 6.43. The molecule has 0 aliphatic rings. The Morgan fingerprint density at radius 1 is 1.19 bits per heavy atom. The zero-order valence-electron chi connectivity index (χ0n) is 14.2. The van der Waals surface area contributed by atoms with Crippen LogP contribution in [0, 0.1) is 0 Å². The molecule has 0 unspecified atom stereocenters. The maximum atomic E-state index is 12.2. The van der Waals surface area contributed by atoms with Gasteiger partial charge in [-0.25, -0.2) is 9.78 Å². The minimum atomic E-state index is -4.51. The first-order valence-electron chi connectivity index (χ1n) is 7.33. The fourth-order valence-corrected chi connectivity index (χ4v) is 1.84. The van der Waals surface area contributed by atoms with Gasteiger partial charge in [-0.05, 0) is 12.1 Å². The fraction of sp³-hybridized carbons (Fsp3) is 0.250. The number of halogens is 3. The average Bonchev–Trinajstić information content (AvgIpc) is 2.64. The third-order valence-corrected chi connectivity index (χ3v) is 2.90. The lowest BCUT2D eigenvalue weighted by Gasteiger charge is -2.11. The molecule has 0 bridgehead atoms. The number of esters is 1. The van der Waals surface area contributed by atoms with Crippen molar-refractivity contribution < 1.29 is 37.0 Å². The number of nitrogens with zero attached hydrogens (tertiary/aromatic N) is 3. The van der Waals surface area contributed by atoms with E-state index in [0.29, 0.717) is 0 Å². The van der Waals surface area contributed by atoms with Gasteiger partial charge in [-0.3, -0.25) is 0 Å². The lowest BCUT2D eigenvalue weighted by atomic mass is 10.1. The molecule has 0 fully saturated rings. The lowest BCUT2D eigenvalue weighted by molar-refractivity contribution is -0.154. The number of oxime groups is 1. The molecule has 2 aromatic rings. The van der Waals surface area contributed by atoms with Gasteiger partial charge in [-0.2, -0.15) is 18.2 Å². The van der Waals surface area contributed by atoms with Crippen LogP contribution in [-0.4, -0.2) is 48.7 Å². The molecule has 8 nitrogen and oxygen atoms in total. The summed E-state index contributed by atoms with van der Waals surface area (Å²) in [6, 6.07) is 7.06. The number of rotatable bonds is 7. The van der Waals surface area contributed by atoms with E-state index in [2.05, 4.69) is 29.4 Å². The Morgan fingerprint density at radius 2 is 1.93 bits per heavy atom. The fourth-order valence-electron chi connectivity index (χ4n) is 1.84. The van der Waals surface area contributed by atoms with Crippen LogP contribution in [0.3, 0.4) is 0 Å². The Morgan fingerprint density at radius 3 is 2.59 bits per heavy atom. The summed E-state index contributed by atoms with van der Waals surface area (Å²) in [6.07, 6.45) is -3.34. The van der Waals surface area contributed by atoms with E-state index in [9.17, 15) is 18.0 Å². The van der Waals surface area contributed by atoms with Crippen LogP contribution in [-0.2, 0) is 14.4 Å². The summed E-state index contributed by atoms with van der Waals surface area (Å²) in [4.78, 5) is 24.1. The van der Waals surface area contributed by atoms with Crippen molar-refractivity contribution in [2.75, 3.05) is 20.8 Å². The van der Waals surface area contributed by atoms with Crippen molar-refractivity contribution in [2.24, 2.45) is 5.16 Å². The predicted molar refractivity (Wildman–Crippen MR) is 85.7 cm³/mol. The van der Waals surface area contributed by atoms with Crippen molar-refractivity contribution >= 4 is 11.7 Å². The van der Waals surface area contributed by atoms with Crippen LogP contribution < -0.4 is 9.47 Å². The molecule has 0 atom stereocenters. The summed E-state index contributed by atoms with van der Waals surface area (Å²) in [6.45, 7) is -1.51. The number of methoxy groups -OCH3 is 1. The molecule has 144 valence electrons. The van der Waals surface area contributed by atoms with Gasteiger partial charge < -0.3 is 19.0 Å². The van der Waals surface area contributed by atoms with Crippen molar-refractivity contribution in [3.63, 3.8) is 0 Å². The largest absolute Gasteiger partial charge is 0.468 e. The van der Waals surface area contributed by atoms with Crippen LogP contribution in [0.1, 0.15) is 5.56 Å². The molecular weight excluding hydrogens is 371 g/mol. The summed E-state index contributed by atoms with van der Waals surface area (Å²) in [5.74, 6) is -1.00. The van der Waals surface area contributed by atoms with Crippen LogP contribution in [0.25, 0.3) is 0 Å².